The first-order valence-electron chi connectivity index (χ1n) is 6.91. The monoisotopic (exact) mass is 284 g/mol. The second-order valence-corrected chi connectivity index (χ2v) is 5.05. The highest BCUT2D eigenvalue weighted by atomic mass is 19.1. The van der Waals surface area contributed by atoms with Crippen molar-refractivity contribution < 1.29 is 13.9 Å². The van der Waals surface area contributed by atoms with E-state index >= 15 is 0 Å². The third-order valence-electron chi connectivity index (χ3n) is 3.92. The maximum atomic E-state index is 13.1. The number of rotatable bonds is 3. The van der Waals surface area contributed by atoms with E-state index in [-0.39, 0.29) is 11.7 Å². The number of benzene rings is 2. The minimum atomic E-state index is -0.211. The Labute approximate surface area is 123 Å². The Bertz CT molecular complexity index is 674. The predicted octanol–water partition coefficient (Wildman–Crippen LogP) is 4.39. The van der Waals surface area contributed by atoms with E-state index in [1.807, 2.05) is 18.2 Å². The first kappa shape index (κ1) is 13.7. The van der Waals surface area contributed by atoms with E-state index in [1.165, 1.54) is 17.7 Å². The average Bonchev–Trinajstić information content (AvgIpc) is 2.53. The molecule has 0 aromatic heterocycles. The number of hydrogen-bond donors (Lipinski definition) is 0. The van der Waals surface area contributed by atoms with Gasteiger partial charge in [0.1, 0.15) is 5.82 Å². The zero-order chi connectivity index (χ0) is 14.8. The van der Waals surface area contributed by atoms with Crippen LogP contribution in [0.3, 0.4) is 0 Å². The van der Waals surface area contributed by atoms with Gasteiger partial charge in [-0.1, -0.05) is 30.4 Å². The zero-order valence-electron chi connectivity index (χ0n) is 12.1. The van der Waals surface area contributed by atoms with Crippen molar-refractivity contribution in [3.63, 3.8) is 0 Å². The van der Waals surface area contributed by atoms with E-state index in [2.05, 4.69) is 18.2 Å². The van der Waals surface area contributed by atoms with Gasteiger partial charge in [-0.15, -0.1) is 0 Å². The van der Waals surface area contributed by atoms with Gasteiger partial charge in [0, 0.05) is 11.5 Å². The van der Waals surface area contributed by atoms with Gasteiger partial charge in [0.25, 0.3) is 0 Å². The molecule has 1 unspecified atom stereocenters. The fraction of sp³-hybridized carbons (Fsp3) is 0.222. The lowest BCUT2D eigenvalue weighted by molar-refractivity contribution is 0.353. The minimum absolute atomic E-state index is 0.211. The van der Waals surface area contributed by atoms with E-state index in [0.717, 1.165) is 29.0 Å². The zero-order valence-corrected chi connectivity index (χ0v) is 12.1. The van der Waals surface area contributed by atoms with Crippen LogP contribution in [-0.4, -0.2) is 14.2 Å². The summed E-state index contributed by atoms with van der Waals surface area (Å²) in [6.45, 7) is 0. The molecule has 1 aliphatic rings. The third kappa shape index (κ3) is 2.40. The van der Waals surface area contributed by atoms with Crippen LogP contribution in [-0.2, 0) is 0 Å². The molecule has 1 atom stereocenters. The van der Waals surface area contributed by atoms with Crippen LogP contribution in [0.2, 0.25) is 0 Å². The van der Waals surface area contributed by atoms with Crippen molar-refractivity contribution in [3.05, 3.63) is 65.0 Å². The lowest BCUT2D eigenvalue weighted by Gasteiger charge is -2.24. The van der Waals surface area contributed by atoms with Crippen LogP contribution in [0.5, 0.6) is 11.5 Å². The second kappa shape index (κ2) is 5.60. The van der Waals surface area contributed by atoms with Crippen LogP contribution in [0.4, 0.5) is 4.39 Å². The van der Waals surface area contributed by atoms with Crippen molar-refractivity contribution in [1.82, 2.24) is 0 Å². The van der Waals surface area contributed by atoms with Gasteiger partial charge in [0.05, 0.1) is 14.2 Å². The maximum Gasteiger partial charge on any atom is 0.168 e. The minimum Gasteiger partial charge on any atom is -0.493 e. The molecule has 2 aromatic carbocycles. The lowest BCUT2D eigenvalue weighted by atomic mass is 9.82. The number of methoxy groups -OCH3 is 2. The van der Waals surface area contributed by atoms with Crippen LogP contribution in [0.15, 0.2) is 42.5 Å². The van der Waals surface area contributed by atoms with Gasteiger partial charge in [0.2, 0.25) is 0 Å². The highest BCUT2D eigenvalue weighted by molar-refractivity contribution is 5.69. The summed E-state index contributed by atoms with van der Waals surface area (Å²) in [5.74, 6) is 1.47. The second-order valence-electron chi connectivity index (χ2n) is 5.05. The van der Waals surface area contributed by atoms with E-state index in [0.29, 0.717) is 0 Å². The van der Waals surface area contributed by atoms with E-state index < -0.39 is 0 Å². The van der Waals surface area contributed by atoms with Gasteiger partial charge in [-0.2, -0.15) is 0 Å². The Hall–Kier alpha value is -2.29. The molecule has 2 aromatic rings. The molecule has 0 bridgehead atoms. The topological polar surface area (TPSA) is 18.5 Å². The Morgan fingerprint density at radius 3 is 2.43 bits per heavy atom. The Balaban J connectivity index is 2.10. The highest BCUT2D eigenvalue weighted by Crippen LogP contribution is 2.43. The quantitative estimate of drug-likeness (QED) is 0.832. The number of fused-ring (bicyclic) bond motifs is 1. The standard InChI is InChI=1S/C18H17FO2/c1-20-17-11-10-15-14(12-6-8-13(19)9-7-12)4-3-5-16(15)18(17)21-2/h3,5-11,14H,4H2,1-2H3. The van der Waals surface area contributed by atoms with Gasteiger partial charge < -0.3 is 9.47 Å². The van der Waals surface area contributed by atoms with Crippen molar-refractivity contribution >= 4 is 6.08 Å². The van der Waals surface area contributed by atoms with Crippen LogP contribution in [0, 0.1) is 5.82 Å². The molecule has 0 heterocycles. The molecule has 1 aliphatic carbocycles. The SMILES string of the molecule is COc1ccc2c(c1OC)C=CCC2c1ccc(F)cc1. The Morgan fingerprint density at radius 2 is 1.76 bits per heavy atom. The van der Waals surface area contributed by atoms with Crippen LogP contribution in [0.25, 0.3) is 6.08 Å². The first-order chi connectivity index (χ1) is 10.2. The first-order valence-corrected chi connectivity index (χ1v) is 6.91. The summed E-state index contributed by atoms with van der Waals surface area (Å²) in [7, 11) is 3.28. The summed E-state index contributed by atoms with van der Waals surface area (Å²) in [5.41, 5.74) is 3.33. The summed E-state index contributed by atoms with van der Waals surface area (Å²) in [4.78, 5) is 0. The fourth-order valence-corrected chi connectivity index (χ4v) is 2.90. The molecule has 0 radical (unpaired) electrons. The number of hydrogen-bond acceptors (Lipinski definition) is 2. The maximum absolute atomic E-state index is 13.1. The molecule has 0 aliphatic heterocycles. The lowest BCUT2D eigenvalue weighted by Crippen LogP contribution is -2.07. The van der Waals surface area contributed by atoms with E-state index in [4.69, 9.17) is 9.47 Å². The summed E-state index contributed by atoms with van der Waals surface area (Å²) in [6.07, 6.45) is 5.09. The van der Waals surface area contributed by atoms with E-state index in [9.17, 15) is 4.39 Å². The van der Waals surface area contributed by atoms with Gasteiger partial charge in [-0.05, 0) is 35.7 Å². The fourth-order valence-electron chi connectivity index (χ4n) is 2.90. The molecule has 0 spiro atoms. The molecule has 0 saturated carbocycles. The molecule has 0 saturated heterocycles. The van der Waals surface area contributed by atoms with Crippen LogP contribution >= 0.6 is 0 Å². The molecular weight excluding hydrogens is 267 g/mol. The van der Waals surface area contributed by atoms with Crippen molar-refractivity contribution in [1.29, 1.82) is 0 Å². The average molecular weight is 284 g/mol. The van der Waals surface area contributed by atoms with E-state index in [1.54, 1.807) is 14.2 Å². The Kier molecular flexibility index (Phi) is 3.65. The van der Waals surface area contributed by atoms with Crippen LogP contribution < -0.4 is 9.47 Å². The predicted molar refractivity (Wildman–Crippen MR) is 81.4 cm³/mol. The summed E-state index contributed by atoms with van der Waals surface area (Å²) < 4.78 is 24.0. The number of allylic oxidation sites excluding steroid dienone is 1. The van der Waals surface area contributed by atoms with Gasteiger partial charge >= 0.3 is 0 Å². The Morgan fingerprint density at radius 1 is 1.00 bits per heavy atom. The van der Waals surface area contributed by atoms with Gasteiger partial charge in [-0.3, -0.25) is 0 Å². The van der Waals surface area contributed by atoms with Crippen LogP contribution in [0.1, 0.15) is 29.0 Å². The third-order valence-corrected chi connectivity index (χ3v) is 3.92. The number of halogens is 1. The highest BCUT2D eigenvalue weighted by Gasteiger charge is 2.23. The number of ether oxygens (including phenoxy) is 2. The van der Waals surface area contributed by atoms with Crippen molar-refractivity contribution in [2.24, 2.45) is 0 Å². The molecule has 0 amide bonds. The summed E-state index contributed by atoms with van der Waals surface area (Å²) in [6, 6.07) is 10.7. The largest absolute Gasteiger partial charge is 0.493 e. The van der Waals surface area contributed by atoms with Gasteiger partial charge in [0.15, 0.2) is 11.5 Å². The normalized spacial score (nSPS) is 16.4. The molecular formula is C18H17FO2. The molecule has 0 fully saturated rings. The molecule has 2 nitrogen and oxygen atoms in total. The molecule has 0 N–H and O–H groups in total. The molecule has 21 heavy (non-hydrogen) atoms. The summed E-state index contributed by atoms with van der Waals surface area (Å²) in [5, 5.41) is 0. The van der Waals surface area contributed by atoms with Crippen molar-refractivity contribution in [2.75, 3.05) is 14.2 Å². The van der Waals surface area contributed by atoms with Crippen molar-refractivity contribution in [2.45, 2.75) is 12.3 Å². The molecule has 3 heteroatoms. The smallest absolute Gasteiger partial charge is 0.168 e. The molecule has 3 rings (SSSR count). The van der Waals surface area contributed by atoms with Crippen molar-refractivity contribution in [3.8, 4) is 11.5 Å². The molecule has 108 valence electrons. The van der Waals surface area contributed by atoms with Gasteiger partial charge in [-0.25, -0.2) is 4.39 Å². The summed E-state index contributed by atoms with van der Waals surface area (Å²) >= 11 is 0.